The van der Waals surface area contributed by atoms with Crippen LogP contribution in [-0.4, -0.2) is 77.6 Å². The number of hydrogen-bond donors (Lipinski definition) is 5. The van der Waals surface area contributed by atoms with Crippen LogP contribution in [0.1, 0.15) is 11.1 Å². The Balaban J connectivity index is 2.22. The molecule has 2 aromatic carbocycles. The molecule has 6 N–H and O–H groups in total. The van der Waals surface area contributed by atoms with E-state index in [0.717, 1.165) is 5.69 Å². The number of rotatable bonds is 15. The molecule has 0 radical (unpaired) electrons. The van der Waals surface area contributed by atoms with Crippen molar-refractivity contribution in [3.8, 4) is 0 Å². The fourth-order valence-electron chi connectivity index (χ4n) is 3.59. The van der Waals surface area contributed by atoms with Gasteiger partial charge < -0.3 is 31.5 Å². The number of nitrogens with zero attached hydrogens (tertiary/aromatic N) is 1. The number of aliphatic carboxylic acids is 1. The third-order valence-corrected chi connectivity index (χ3v) is 5.90. The van der Waals surface area contributed by atoms with Crippen LogP contribution in [0.4, 0.5) is 10.1 Å². The molecular formula is C25H31Cl2FN4O5. The number of carboxylic acids is 1. The molecule has 12 heteroatoms. The monoisotopic (exact) mass is 556 g/mol. The van der Waals surface area contributed by atoms with Crippen LogP contribution in [0.25, 0.3) is 0 Å². The number of nitrogens with two attached hydrogens (primary N) is 1. The van der Waals surface area contributed by atoms with E-state index >= 15 is 0 Å². The summed E-state index contributed by atoms with van der Waals surface area (Å²) in [5.41, 5.74) is 7.55. The van der Waals surface area contributed by atoms with E-state index in [1.165, 1.54) is 24.3 Å². The molecule has 0 aliphatic heterocycles. The minimum atomic E-state index is -1.31. The minimum absolute atomic E-state index is 0.0299. The number of anilines is 1. The van der Waals surface area contributed by atoms with Gasteiger partial charge >= 0.3 is 5.97 Å². The van der Waals surface area contributed by atoms with E-state index in [9.17, 15) is 23.9 Å². The van der Waals surface area contributed by atoms with Crippen LogP contribution in [0.15, 0.2) is 48.5 Å². The fraction of sp³-hybridized carbons (Fsp3) is 0.400. The highest BCUT2D eigenvalue weighted by Crippen LogP contribution is 2.18. The number of carboxylic acid groups (broad SMARTS) is 1. The van der Waals surface area contributed by atoms with Gasteiger partial charge in [-0.2, -0.15) is 0 Å². The Labute approximate surface area is 224 Å². The number of aliphatic hydroxyl groups is 1. The molecule has 0 fully saturated rings. The Morgan fingerprint density at radius 2 is 1.51 bits per heavy atom. The quantitative estimate of drug-likeness (QED) is 0.208. The maximum Gasteiger partial charge on any atom is 0.326 e. The topological polar surface area (TPSA) is 145 Å². The Morgan fingerprint density at radius 1 is 0.919 bits per heavy atom. The first-order valence-corrected chi connectivity index (χ1v) is 12.7. The molecule has 0 saturated carbocycles. The van der Waals surface area contributed by atoms with Crippen LogP contribution >= 0.6 is 23.2 Å². The lowest BCUT2D eigenvalue weighted by Crippen LogP contribution is -2.56. The third-order valence-electron chi connectivity index (χ3n) is 5.56. The lowest BCUT2D eigenvalue weighted by Gasteiger charge is -2.25. The predicted molar refractivity (Wildman–Crippen MR) is 140 cm³/mol. The summed E-state index contributed by atoms with van der Waals surface area (Å²) in [7, 11) is 0. The minimum Gasteiger partial charge on any atom is -0.480 e. The van der Waals surface area contributed by atoms with E-state index < -0.39 is 48.3 Å². The van der Waals surface area contributed by atoms with Gasteiger partial charge in [-0.3, -0.25) is 9.59 Å². The molecule has 0 bridgehead atoms. The van der Waals surface area contributed by atoms with Gasteiger partial charge in [-0.05, 0) is 35.4 Å². The highest BCUT2D eigenvalue weighted by Gasteiger charge is 2.28. The zero-order chi connectivity index (χ0) is 27.4. The van der Waals surface area contributed by atoms with Crippen LogP contribution < -0.4 is 21.3 Å². The zero-order valence-electron chi connectivity index (χ0n) is 20.1. The molecule has 2 rings (SSSR count). The van der Waals surface area contributed by atoms with E-state index in [-0.39, 0.29) is 12.8 Å². The highest BCUT2D eigenvalue weighted by molar-refractivity contribution is 6.18. The van der Waals surface area contributed by atoms with E-state index in [2.05, 4.69) is 10.6 Å². The third kappa shape index (κ3) is 9.81. The first kappa shape index (κ1) is 30.3. The molecule has 2 amide bonds. The summed E-state index contributed by atoms with van der Waals surface area (Å²) in [5, 5.41) is 23.9. The number of hydrogen-bond acceptors (Lipinski definition) is 6. The predicted octanol–water partition coefficient (Wildman–Crippen LogP) is 1.27. The lowest BCUT2D eigenvalue weighted by atomic mass is 10.0. The van der Waals surface area contributed by atoms with Crippen molar-refractivity contribution in [2.24, 2.45) is 5.73 Å². The summed E-state index contributed by atoms with van der Waals surface area (Å²) in [6.07, 6.45) is -0.0818. The second-order valence-corrected chi connectivity index (χ2v) is 9.08. The molecule has 0 saturated heterocycles. The number of benzene rings is 2. The smallest absolute Gasteiger partial charge is 0.326 e. The second-order valence-electron chi connectivity index (χ2n) is 8.32. The van der Waals surface area contributed by atoms with E-state index in [4.69, 9.17) is 34.0 Å². The molecule has 0 heterocycles. The van der Waals surface area contributed by atoms with Crippen LogP contribution in [-0.2, 0) is 27.2 Å². The molecule has 2 aromatic rings. The van der Waals surface area contributed by atoms with Gasteiger partial charge in [-0.15, -0.1) is 23.2 Å². The Hall–Kier alpha value is -2.92. The Morgan fingerprint density at radius 3 is 2.08 bits per heavy atom. The van der Waals surface area contributed by atoms with Crippen molar-refractivity contribution >= 4 is 46.7 Å². The van der Waals surface area contributed by atoms with Gasteiger partial charge in [0, 0.05) is 43.4 Å². The zero-order valence-corrected chi connectivity index (χ0v) is 21.6. The molecular weight excluding hydrogens is 526 g/mol. The van der Waals surface area contributed by atoms with Crippen molar-refractivity contribution in [2.45, 2.75) is 31.0 Å². The van der Waals surface area contributed by atoms with Gasteiger partial charge in [-0.25, -0.2) is 9.18 Å². The first-order valence-electron chi connectivity index (χ1n) is 11.6. The molecule has 9 nitrogen and oxygen atoms in total. The van der Waals surface area contributed by atoms with Crippen molar-refractivity contribution in [1.29, 1.82) is 0 Å². The number of halogens is 3. The van der Waals surface area contributed by atoms with Crippen molar-refractivity contribution in [3.63, 3.8) is 0 Å². The van der Waals surface area contributed by atoms with Gasteiger partial charge in [0.25, 0.3) is 0 Å². The molecule has 0 aliphatic carbocycles. The second kappa shape index (κ2) is 15.4. The maximum atomic E-state index is 13.3. The van der Waals surface area contributed by atoms with Crippen molar-refractivity contribution in [2.75, 3.05) is 36.4 Å². The molecule has 37 heavy (non-hydrogen) atoms. The summed E-state index contributed by atoms with van der Waals surface area (Å²) in [5.74, 6) is -2.53. The van der Waals surface area contributed by atoms with Gasteiger partial charge in [0.1, 0.15) is 23.9 Å². The number of amides is 2. The summed E-state index contributed by atoms with van der Waals surface area (Å²) in [4.78, 5) is 39.4. The molecule has 0 unspecified atom stereocenters. The molecule has 202 valence electrons. The Bertz CT molecular complexity index is 1040. The van der Waals surface area contributed by atoms with Gasteiger partial charge in [0.2, 0.25) is 11.8 Å². The SMILES string of the molecule is N[C@@H](CO)C(=O)N[C@@H](Cc1ccc(F)cc1)C(=O)N[C@@H](Cc1cccc(N(CCCl)CCCl)c1)C(=O)O. The lowest BCUT2D eigenvalue weighted by molar-refractivity contribution is -0.142. The average molecular weight is 557 g/mol. The normalized spacial score (nSPS) is 13.3. The fourth-order valence-corrected chi connectivity index (χ4v) is 4.00. The number of carbonyl (C=O) groups excluding carboxylic acids is 2. The number of alkyl halides is 2. The van der Waals surface area contributed by atoms with E-state index in [1.807, 2.05) is 11.0 Å². The van der Waals surface area contributed by atoms with Crippen LogP contribution in [0.2, 0.25) is 0 Å². The van der Waals surface area contributed by atoms with Crippen molar-refractivity contribution in [3.05, 3.63) is 65.5 Å². The summed E-state index contributed by atoms with van der Waals surface area (Å²) in [6, 6.07) is 8.68. The standard InChI is InChI=1S/C25H31Cl2FN4O5/c26-8-10-32(11-9-27)19-3-1-2-17(12-19)14-22(25(36)37)31-24(35)21(30-23(34)20(29)15-33)13-16-4-6-18(28)7-5-16/h1-7,12,20-22,33H,8-11,13-15,29H2,(H,30,34)(H,31,35)(H,36,37)/t20-,21-,22-/m0/s1. The molecule has 0 aliphatic rings. The maximum absolute atomic E-state index is 13.3. The molecule has 0 spiro atoms. The van der Waals surface area contributed by atoms with E-state index in [0.29, 0.717) is 36.0 Å². The van der Waals surface area contributed by atoms with E-state index in [1.54, 1.807) is 18.2 Å². The highest BCUT2D eigenvalue weighted by atomic mass is 35.5. The largest absolute Gasteiger partial charge is 0.480 e. The summed E-state index contributed by atoms with van der Waals surface area (Å²) in [6.45, 7) is 0.463. The van der Waals surface area contributed by atoms with Gasteiger partial charge in [-0.1, -0.05) is 24.3 Å². The molecule has 0 aromatic heterocycles. The van der Waals surface area contributed by atoms with Gasteiger partial charge in [0.15, 0.2) is 0 Å². The Kier molecular flexibility index (Phi) is 12.6. The summed E-state index contributed by atoms with van der Waals surface area (Å²) >= 11 is 11.8. The van der Waals surface area contributed by atoms with Crippen molar-refractivity contribution in [1.82, 2.24) is 10.6 Å². The van der Waals surface area contributed by atoms with Crippen LogP contribution in [0.5, 0.6) is 0 Å². The average Bonchev–Trinajstić information content (AvgIpc) is 2.88. The van der Waals surface area contributed by atoms with Crippen LogP contribution in [0.3, 0.4) is 0 Å². The summed E-state index contributed by atoms with van der Waals surface area (Å²) < 4.78 is 13.3. The van der Waals surface area contributed by atoms with Crippen molar-refractivity contribution < 1.29 is 29.0 Å². The van der Waals surface area contributed by atoms with Crippen LogP contribution in [0, 0.1) is 5.82 Å². The first-order chi connectivity index (χ1) is 17.7. The number of nitrogens with one attached hydrogen (secondary N) is 2. The number of carbonyl (C=O) groups is 3. The molecule has 3 atom stereocenters. The van der Waals surface area contributed by atoms with Gasteiger partial charge in [0.05, 0.1) is 6.61 Å². The number of aliphatic hydroxyl groups excluding tert-OH is 1.